The van der Waals surface area contributed by atoms with Crippen LogP contribution in [0.1, 0.15) is 67.5 Å². The lowest BCUT2D eigenvalue weighted by molar-refractivity contribution is -0.397. The monoisotopic (exact) mass is 1230 g/mol. The van der Waals surface area contributed by atoms with Gasteiger partial charge in [-0.1, -0.05) is 263 Å². The molecule has 0 saturated carbocycles. The molecule has 90 heavy (non-hydrogen) atoms. The Hall–Kier alpha value is -7.48. The van der Waals surface area contributed by atoms with Crippen LogP contribution in [0, 0.1) is 0 Å². The van der Waals surface area contributed by atoms with Crippen LogP contribution in [0.15, 0.2) is 243 Å². The molecule has 468 valence electrons. The number of ether oxygens (including phenoxy) is 10. The van der Waals surface area contributed by atoms with Crippen molar-refractivity contribution in [1.29, 1.82) is 0 Å². The van der Waals surface area contributed by atoms with Crippen LogP contribution in [0.25, 0.3) is 0 Å². The van der Waals surface area contributed by atoms with Gasteiger partial charge in [0.15, 0.2) is 12.4 Å². The quantitative estimate of drug-likeness (QED) is 0.0385. The molecule has 1 N–H and O–H groups in total. The van der Waals surface area contributed by atoms with Crippen LogP contribution in [0.3, 0.4) is 0 Å². The fourth-order valence-electron chi connectivity index (χ4n) is 12.4. The average molecular weight is 1230 g/mol. The first-order valence-electron chi connectivity index (χ1n) is 31.1. The van der Waals surface area contributed by atoms with Gasteiger partial charge in [-0.25, -0.2) is 4.79 Å². The van der Waals surface area contributed by atoms with E-state index in [4.69, 9.17) is 51.8 Å². The fraction of sp³-hybridized carbons (Fsp3) is 0.333. The van der Waals surface area contributed by atoms with Crippen molar-refractivity contribution in [1.82, 2.24) is 5.32 Å². The molecular weight excluding hydrogens is 1150 g/mol. The Labute approximate surface area is 529 Å². The number of fused-ring (bicyclic) bond motifs is 1. The molecular formula is C75H81NO13Si. The molecule has 3 aliphatic heterocycles. The van der Waals surface area contributed by atoms with Crippen LogP contribution in [0.4, 0.5) is 0 Å². The van der Waals surface area contributed by atoms with E-state index in [0.717, 1.165) is 43.8 Å². The molecule has 11 rings (SSSR count). The average Bonchev–Trinajstić information content (AvgIpc) is 0.775. The van der Waals surface area contributed by atoms with Crippen LogP contribution >= 0.6 is 0 Å². The summed E-state index contributed by atoms with van der Waals surface area (Å²) < 4.78 is 79.0. The van der Waals surface area contributed by atoms with Crippen molar-refractivity contribution < 1.29 is 61.4 Å². The van der Waals surface area contributed by atoms with Crippen molar-refractivity contribution in [2.24, 2.45) is 0 Å². The summed E-state index contributed by atoms with van der Waals surface area (Å²) in [5, 5.41) is 4.73. The summed E-state index contributed by atoms with van der Waals surface area (Å²) in [5.41, 5.74) is 5.40. The van der Waals surface area contributed by atoms with Crippen molar-refractivity contribution >= 4 is 30.6 Å². The number of carbonyl (C=O) groups is 2. The third-order valence-electron chi connectivity index (χ3n) is 16.8. The van der Waals surface area contributed by atoms with E-state index in [9.17, 15) is 4.79 Å². The van der Waals surface area contributed by atoms with Crippen LogP contribution in [-0.2, 0) is 101 Å². The molecule has 11 atom stereocenters. The summed E-state index contributed by atoms with van der Waals surface area (Å²) >= 11 is 0. The summed E-state index contributed by atoms with van der Waals surface area (Å²) in [5.74, 6) is -3.46. The lowest BCUT2D eigenvalue weighted by Crippen LogP contribution is -2.76. The van der Waals surface area contributed by atoms with E-state index >= 15 is 4.79 Å². The summed E-state index contributed by atoms with van der Waals surface area (Å²) in [6.45, 7) is 8.98. The molecule has 1 amide bonds. The molecule has 0 aromatic heterocycles. The molecule has 1 spiro atoms. The van der Waals surface area contributed by atoms with Crippen molar-refractivity contribution in [3.05, 3.63) is 276 Å². The van der Waals surface area contributed by atoms with E-state index < -0.39 is 86.3 Å². The van der Waals surface area contributed by atoms with Crippen molar-refractivity contribution in [3.8, 4) is 0 Å². The van der Waals surface area contributed by atoms with Gasteiger partial charge >= 0.3 is 5.97 Å². The van der Waals surface area contributed by atoms with Gasteiger partial charge in [-0.3, -0.25) is 4.79 Å². The number of nitrogens with one attached hydrogen (secondary N) is 1. The van der Waals surface area contributed by atoms with Gasteiger partial charge in [0.05, 0.1) is 65.0 Å². The van der Waals surface area contributed by atoms with E-state index in [0.29, 0.717) is 0 Å². The maximum atomic E-state index is 16.0. The molecule has 0 unspecified atom stereocenters. The highest BCUT2D eigenvalue weighted by molar-refractivity contribution is 6.99. The Morgan fingerprint density at radius 3 is 1.46 bits per heavy atom. The predicted octanol–water partition coefficient (Wildman–Crippen LogP) is 11.4. The lowest BCUT2D eigenvalue weighted by atomic mass is 9.86. The van der Waals surface area contributed by atoms with E-state index in [1.165, 1.54) is 6.92 Å². The molecule has 3 saturated heterocycles. The standard InChI is InChI=1S/C75H81NO13Si/c1-54(77)76-66-63(81-48-57-33-17-7-18-34-57)45-75(87-69(66)67(83-50-59-37-21-9-22-38-59)64(82-49-58-35-19-8-20-36-58)52-79-46-55-29-13-5-14-30-55)73(78)86-68-65(53-80-47-56-31-15-6-16-32-56)85-72(71(70(68)88-75)84-51-60-39-23-10-24-40-60)89-90(74(2,3)4,61-41-25-11-26-42-61)62-43-27-12-28-44-62/h5-44,63-72H,45-53H2,1-4H3,(H,76,77)/t63-,64+,65+,66+,67+,68-,69+,70-,71+,72-,75-/m0/s1. The van der Waals surface area contributed by atoms with Crippen LogP contribution < -0.4 is 15.7 Å². The van der Waals surface area contributed by atoms with Gasteiger partial charge in [-0.2, -0.15) is 0 Å². The van der Waals surface area contributed by atoms with Gasteiger partial charge in [-0.05, 0) is 48.8 Å². The van der Waals surface area contributed by atoms with Gasteiger partial charge in [0, 0.05) is 13.3 Å². The Bertz CT molecular complexity index is 3410. The van der Waals surface area contributed by atoms with Crippen LogP contribution in [0.2, 0.25) is 5.04 Å². The van der Waals surface area contributed by atoms with Crippen LogP contribution in [0.5, 0.6) is 0 Å². The van der Waals surface area contributed by atoms with Crippen LogP contribution in [-0.4, -0.2) is 100 Å². The maximum Gasteiger partial charge on any atom is 0.367 e. The summed E-state index contributed by atoms with van der Waals surface area (Å²) in [6, 6.07) is 78.6. The minimum absolute atomic E-state index is 0.00500. The van der Waals surface area contributed by atoms with E-state index in [1.807, 2.05) is 218 Å². The molecule has 3 aliphatic rings. The van der Waals surface area contributed by atoms with Crippen molar-refractivity contribution in [3.63, 3.8) is 0 Å². The largest absolute Gasteiger partial charge is 0.453 e. The number of carbonyl (C=O) groups excluding carboxylic acids is 2. The van der Waals surface area contributed by atoms with Gasteiger partial charge in [0.2, 0.25) is 5.91 Å². The molecule has 0 bridgehead atoms. The number of benzene rings is 8. The van der Waals surface area contributed by atoms with Gasteiger partial charge < -0.3 is 57.1 Å². The smallest absolute Gasteiger partial charge is 0.367 e. The van der Waals surface area contributed by atoms with E-state index in [1.54, 1.807) is 0 Å². The van der Waals surface area contributed by atoms with Crippen molar-refractivity contribution in [2.45, 2.75) is 146 Å². The molecule has 15 heteroatoms. The maximum absolute atomic E-state index is 16.0. The number of rotatable bonds is 27. The molecule has 14 nitrogen and oxygen atoms in total. The second-order valence-electron chi connectivity index (χ2n) is 24.2. The van der Waals surface area contributed by atoms with Crippen molar-refractivity contribution in [2.75, 3.05) is 13.2 Å². The molecule has 3 fully saturated rings. The highest BCUT2D eigenvalue weighted by atomic mass is 28.4. The minimum atomic E-state index is -3.48. The van der Waals surface area contributed by atoms with Gasteiger partial charge in [-0.15, -0.1) is 0 Å². The number of esters is 1. The highest BCUT2D eigenvalue weighted by Crippen LogP contribution is 2.46. The Morgan fingerprint density at radius 2 is 0.978 bits per heavy atom. The molecule has 3 heterocycles. The Morgan fingerprint density at radius 1 is 0.544 bits per heavy atom. The number of hydrogen-bond donors (Lipinski definition) is 1. The molecule has 0 radical (unpaired) electrons. The number of amides is 1. The van der Waals surface area contributed by atoms with E-state index in [-0.39, 0.29) is 65.2 Å². The summed E-state index contributed by atoms with van der Waals surface area (Å²) in [4.78, 5) is 29.9. The highest BCUT2D eigenvalue weighted by Gasteiger charge is 2.66. The normalized spacial score (nSPS) is 23.3. The Kier molecular flexibility index (Phi) is 21.7. The lowest BCUT2D eigenvalue weighted by Gasteiger charge is -2.56. The Balaban J connectivity index is 1.05. The van der Waals surface area contributed by atoms with Gasteiger partial charge in [0.25, 0.3) is 14.1 Å². The number of hydrogen-bond acceptors (Lipinski definition) is 13. The predicted molar refractivity (Wildman–Crippen MR) is 344 cm³/mol. The SMILES string of the molecule is CC(=O)N[C@H]1[C@H]([C@H](OCc2ccccc2)[C@@H](COCc2ccccc2)OCc2ccccc2)O[C@@]2(C[C@@H]1OCc1ccccc1)O[C@H]1[C@@H](OC2=O)[C@@H](COCc2ccccc2)O[C@@H](O[Si](c2ccccc2)(c2ccccc2)C(C)(C)C)[C@@H]1OCc1ccccc1. The second kappa shape index (κ2) is 30.6. The fourth-order valence-corrected chi connectivity index (χ4v) is 16.9. The van der Waals surface area contributed by atoms with E-state index in [2.05, 4.69) is 50.4 Å². The third-order valence-corrected chi connectivity index (χ3v) is 21.8. The zero-order valence-corrected chi connectivity index (χ0v) is 52.5. The topological polar surface area (TPSA) is 148 Å². The van der Waals surface area contributed by atoms with Gasteiger partial charge in [0.1, 0.15) is 36.6 Å². The first-order chi connectivity index (χ1) is 43.9. The molecule has 0 aliphatic carbocycles. The molecule has 8 aromatic carbocycles. The minimum Gasteiger partial charge on any atom is -0.453 e. The first kappa shape index (κ1) is 64.1. The second-order valence-corrected chi connectivity index (χ2v) is 28.5. The molecule has 8 aromatic rings. The zero-order chi connectivity index (χ0) is 62.2. The first-order valence-corrected chi connectivity index (χ1v) is 33.0. The summed E-state index contributed by atoms with van der Waals surface area (Å²) in [7, 11) is -3.48. The zero-order valence-electron chi connectivity index (χ0n) is 51.5. The third kappa shape index (κ3) is 15.8. The summed E-state index contributed by atoms with van der Waals surface area (Å²) in [6.07, 6.45) is -9.99.